The second kappa shape index (κ2) is 8.06. The Morgan fingerprint density at radius 3 is 2.77 bits per heavy atom. The molecule has 0 spiro atoms. The van der Waals surface area contributed by atoms with E-state index in [0.717, 1.165) is 44.8 Å². The van der Waals surface area contributed by atoms with E-state index in [9.17, 15) is 0 Å². The van der Waals surface area contributed by atoms with Crippen molar-refractivity contribution in [3.05, 3.63) is 66.0 Å². The van der Waals surface area contributed by atoms with Gasteiger partial charge in [-0.25, -0.2) is 0 Å². The van der Waals surface area contributed by atoms with Gasteiger partial charge in [-0.1, -0.05) is 36.4 Å². The summed E-state index contributed by atoms with van der Waals surface area (Å²) in [4.78, 5) is 6.87. The average Bonchev–Trinajstić information content (AvgIpc) is 2.57. The Morgan fingerprint density at radius 2 is 1.95 bits per heavy atom. The van der Waals surface area contributed by atoms with E-state index in [1.165, 1.54) is 12.0 Å². The maximum atomic E-state index is 5.92. The number of aryl methyl sites for hydroxylation is 1. The molecule has 1 fully saturated rings. The molecular weight excluding hydrogens is 272 g/mol. The lowest BCUT2D eigenvalue weighted by atomic mass is 10.1. The van der Waals surface area contributed by atoms with Crippen LogP contribution < -0.4 is 0 Å². The van der Waals surface area contributed by atoms with Crippen LogP contribution in [-0.4, -0.2) is 35.7 Å². The highest BCUT2D eigenvalue weighted by Crippen LogP contribution is 2.14. The van der Waals surface area contributed by atoms with Gasteiger partial charge in [-0.3, -0.25) is 9.88 Å². The van der Waals surface area contributed by atoms with Gasteiger partial charge in [0.05, 0.1) is 18.4 Å². The molecule has 0 radical (unpaired) electrons. The maximum absolute atomic E-state index is 5.92. The third kappa shape index (κ3) is 4.65. The van der Waals surface area contributed by atoms with Gasteiger partial charge in [0, 0.05) is 25.8 Å². The summed E-state index contributed by atoms with van der Waals surface area (Å²) in [6.45, 7) is 3.79. The normalized spacial score (nSPS) is 19.2. The fourth-order valence-corrected chi connectivity index (χ4v) is 3.00. The van der Waals surface area contributed by atoms with Crippen molar-refractivity contribution in [3.8, 4) is 0 Å². The number of pyridine rings is 1. The largest absolute Gasteiger partial charge is 0.376 e. The molecule has 3 rings (SSSR count). The molecule has 116 valence electrons. The standard InChI is InChI=1S/C19H24N2O/c1-2-7-17(8-3-1)9-6-11-19-16-21(13-14-22-19)15-18-10-4-5-12-20-18/h1-5,7-8,10,12,19H,6,9,11,13-16H2. The van der Waals surface area contributed by atoms with Crippen LogP contribution in [0.3, 0.4) is 0 Å². The van der Waals surface area contributed by atoms with E-state index >= 15 is 0 Å². The molecule has 0 bridgehead atoms. The summed E-state index contributed by atoms with van der Waals surface area (Å²) in [6, 6.07) is 16.8. The SMILES string of the molecule is c1ccc(CCCC2CN(Cc3ccccn3)CCO2)cc1. The van der Waals surface area contributed by atoms with E-state index in [0.29, 0.717) is 6.10 Å². The second-order valence-corrected chi connectivity index (χ2v) is 5.93. The first-order valence-electron chi connectivity index (χ1n) is 8.18. The number of hydrogen-bond donors (Lipinski definition) is 0. The van der Waals surface area contributed by atoms with E-state index in [4.69, 9.17) is 4.74 Å². The number of ether oxygens (including phenoxy) is 1. The lowest BCUT2D eigenvalue weighted by Crippen LogP contribution is -2.42. The molecule has 3 nitrogen and oxygen atoms in total. The smallest absolute Gasteiger partial charge is 0.0702 e. The number of benzene rings is 1. The van der Waals surface area contributed by atoms with Crippen LogP contribution in [0.15, 0.2) is 54.7 Å². The van der Waals surface area contributed by atoms with Gasteiger partial charge >= 0.3 is 0 Å². The van der Waals surface area contributed by atoms with Crippen molar-refractivity contribution >= 4 is 0 Å². The van der Waals surface area contributed by atoms with Gasteiger partial charge in [-0.05, 0) is 37.0 Å². The van der Waals surface area contributed by atoms with E-state index in [2.05, 4.69) is 52.3 Å². The van der Waals surface area contributed by atoms with E-state index < -0.39 is 0 Å². The van der Waals surface area contributed by atoms with Gasteiger partial charge < -0.3 is 4.74 Å². The average molecular weight is 296 g/mol. The third-order valence-corrected chi connectivity index (χ3v) is 4.17. The number of morpholine rings is 1. The van der Waals surface area contributed by atoms with Gasteiger partial charge in [0.1, 0.15) is 0 Å². The predicted octanol–water partition coefficient (Wildman–Crippen LogP) is 3.31. The van der Waals surface area contributed by atoms with Gasteiger partial charge in [-0.2, -0.15) is 0 Å². The van der Waals surface area contributed by atoms with E-state index in [-0.39, 0.29) is 0 Å². The van der Waals surface area contributed by atoms with Crippen LogP contribution >= 0.6 is 0 Å². The van der Waals surface area contributed by atoms with Crippen molar-refractivity contribution in [2.24, 2.45) is 0 Å². The number of hydrogen-bond acceptors (Lipinski definition) is 3. The molecule has 3 heteroatoms. The molecule has 1 atom stereocenters. The second-order valence-electron chi connectivity index (χ2n) is 5.93. The fraction of sp³-hybridized carbons (Fsp3) is 0.421. The lowest BCUT2D eigenvalue weighted by Gasteiger charge is -2.32. The van der Waals surface area contributed by atoms with E-state index in [1.807, 2.05) is 12.3 Å². The van der Waals surface area contributed by atoms with Crippen LogP contribution in [0.1, 0.15) is 24.1 Å². The Labute approximate surface area is 132 Å². The topological polar surface area (TPSA) is 25.4 Å². The molecule has 0 aliphatic carbocycles. The molecular formula is C19H24N2O. The van der Waals surface area contributed by atoms with Gasteiger partial charge in [0.15, 0.2) is 0 Å². The summed E-state index contributed by atoms with van der Waals surface area (Å²) >= 11 is 0. The zero-order valence-corrected chi connectivity index (χ0v) is 13.0. The zero-order chi connectivity index (χ0) is 15.0. The van der Waals surface area contributed by atoms with Crippen molar-refractivity contribution in [2.75, 3.05) is 19.7 Å². The van der Waals surface area contributed by atoms with Crippen LogP contribution in [0, 0.1) is 0 Å². The zero-order valence-electron chi connectivity index (χ0n) is 13.0. The first-order chi connectivity index (χ1) is 10.9. The summed E-state index contributed by atoms with van der Waals surface area (Å²) < 4.78 is 5.92. The monoisotopic (exact) mass is 296 g/mol. The minimum absolute atomic E-state index is 0.362. The molecule has 0 N–H and O–H groups in total. The van der Waals surface area contributed by atoms with Crippen LogP contribution in [0.4, 0.5) is 0 Å². The van der Waals surface area contributed by atoms with Gasteiger partial charge in [0.25, 0.3) is 0 Å². The number of nitrogens with zero attached hydrogens (tertiary/aromatic N) is 2. The Hall–Kier alpha value is -1.71. The Bertz CT molecular complexity index is 544. The molecule has 1 saturated heterocycles. The third-order valence-electron chi connectivity index (χ3n) is 4.17. The summed E-state index contributed by atoms with van der Waals surface area (Å²) in [6.07, 6.45) is 5.69. The Morgan fingerprint density at radius 1 is 1.09 bits per heavy atom. The number of rotatable bonds is 6. The molecule has 1 unspecified atom stereocenters. The van der Waals surface area contributed by atoms with Crippen molar-refractivity contribution in [2.45, 2.75) is 31.9 Å². The molecule has 1 aromatic heterocycles. The molecule has 0 saturated carbocycles. The Balaban J connectivity index is 1.42. The number of aromatic nitrogens is 1. The van der Waals surface area contributed by atoms with Crippen LogP contribution in [0.5, 0.6) is 0 Å². The Kier molecular flexibility index (Phi) is 5.57. The molecule has 1 aliphatic rings. The first-order valence-corrected chi connectivity index (χ1v) is 8.18. The highest BCUT2D eigenvalue weighted by atomic mass is 16.5. The van der Waals surface area contributed by atoms with Gasteiger partial charge in [-0.15, -0.1) is 0 Å². The molecule has 2 aromatic rings. The van der Waals surface area contributed by atoms with Crippen molar-refractivity contribution in [1.29, 1.82) is 0 Å². The molecule has 22 heavy (non-hydrogen) atoms. The highest BCUT2D eigenvalue weighted by Gasteiger charge is 2.20. The summed E-state index contributed by atoms with van der Waals surface area (Å²) in [7, 11) is 0. The van der Waals surface area contributed by atoms with Crippen LogP contribution in [0.2, 0.25) is 0 Å². The summed E-state index contributed by atoms with van der Waals surface area (Å²) in [5, 5.41) is 0. The van der Waals surface area contributed by atoms with Gasteiger partial charge in [0.2, 0.25) is 0 Å². The summed E-state index contributed by atoms with van der Waals surface area (Å²) in [5.74, 6) is 0. The predicted molar refractivity (Wildman–Crippen MR) is 88.6 cm³/mol. The van der Waals surface area contributed by atoms with Crippen molar-refractivity contribution in [3.63, 3.8) is 0 Å². The van der Waals surface area contributed by atoms with Crippen LogP contribution in [0.25, 0.3) is 0 Å². The molecule has 1 aliphatic heterocycles. The fourth-order valence-electron chi connectivity index (χ4n) is 3.00. The van der Waals surface area contributed by atoms with Crippen molar-refractivity contribution in [1.82, 2.24) is 9.88 Å². The van der Waals surface area contributed by atoms with E-state index in [1.54, 1.807) is 0 Å². The molecule has 1 aromatic carbocycles. The van der Waals surface area contributed by atoms with Crippen molar-refractivity contribution < 1.29 is 4.74 Å². The minimum Gasteiger partial charge on any atom is -0.376 e. The minimum atomic E-state index is 0.362. The summed E-state index contributed by atoms with van der Waals surface area (Å²) in [5.41, 5.74) is 2.57. The maximum Gasteiger partial charge on any atom is 0.0702 e. The molecule has 0 amide bonds. The quantitative estimate of drug-likeness (QED) is 0.818. The molecule has 2 heterocycles. The highest BCUT2D eigenvalue weighted by molar-refractivity contribution is 5.14. The van der Waals surface area contributed by atoms with Crippen LogP contribution in [-0.2, 0) is 17.7 Å². The lowest BCUT2D eigenvalue weighted by molar-refractivity contribution is -0.0358. The first kappa shape index (κ1) is 15.2.